The summed E-state index contributed by atoms with van der Waals surface area (Å²) in [4.78, 5) is 12.6. The van der Waals surface area contributed by atoms with Crippen LogP contribution in [0.3, 0.4) is 0 Å². The number of methoxy groups -OCH3 is 2. The van der Waals surface area contributed by atoms with Crippen LogP contribution in [0.5, 0.6) is 11.5 Å². The Morgan fingerprint density at radius 3 is 2.70 bits per heavy atom. The molecule has 0 bridgehead atoms. The number of ether oxygens (including phenoxy) is 2. The summed E-state index contributed by atoms with van der Waals surface area (Å²) in [7, 11) is 3.04. The third-order valence-electron chi connectivity index (χ3n) is 3.99. The number of aromatic amines is 1. The molecule has 0 fully saturated rings. The van der Waals surface area contributed by atoms with Crippen LogP contribution in [0.1, 0.15) is 34.6 Å². The molecule has 23 heavy (non-hydrogen) atoms. The standard InChI is InChI=1S/C16H18ClN3O3/c1-22-13-8-12(14(23-2)7-10(13)17)18-16(21)15-9-5-3-4-6-11(9)19-20-15/h7-8H,3-6H2,1-2H3,(H,18,21)(H,19,20). The van der Waals surface area contributed by atoms with E-state index >= 15 is 0 Å². The molecular formula is C16H18ClN3O3. The number of carbonyl (C=O) groups is 1. The van der Waals surface area contributed by atoms with E-state index in [1.54, 1.807) is 12.1 Å². The van der Waals surface area contributed by atoms with Crippen molar-refractivity contribution in [1.29, 1.82) is 0 Å². The zero-order valence-corrected chi connectivity index (χ0v) is 13.8. The van der Waals surface area contributed by atoms with Crippen molar-refractivity contribution in [2.45, 2.75) is 25.7 Å². The molecule has 1 heterocycles. The van der Waals surface area contributed by atoms with Crippen LogP contribution in [0, 0.1) is 0 Å². The monoisotopic (exact) mass is 335 g/mol. The highest BCUT2D eigenvalue weighted by Crippen LogP contribution is 2.36. The maximum atomic E-state index is 12.6. The van der Waals surface area contributed by atoms with E-state index in [1.807, 2.05) is 0 Å². The van der Waals surface area contributed by atoms with Gasteiger partial charge in [0.15, 0.2) is 5.69 Å². The fourth-order valence-corrected chi connectivity index (χ4v) is 3.04. The van der Waals surface area contributed by atoms with Crippen LogP contribution >= 0.6 is 11.6 Å². The molecule has 1 aliphatic carbocycles. The zero-order valence-electron chi connectivity index (χ0n) is 13.0. The Morgan fingerprint density at radius 1 is 1.22 bits per heavy atom. The number of nitrogens with zero attached hydrogens (tertiary/aromatic N) is 1. The number of fused-ring (bicyclic) bond motifs is 1. The van der Waals surface area contributed by atoms with Gasteiger partial charge in [-0.2, -0.15) is 5.10 Å². The van der Waals surface area contributed by atoms with Gasteiger partial charge in [0.1, 0.15) is 11.5 Å². The number of rotatable bonds is 4. The molecule has 1 aromatic carbocycles. The van der Waals surface area contributed by atoms with Gasteiger partial charge in [-0.25, -0.2) is 0 Å². The minimum atomic E-state index is -0.271. The Morgan fingerprint density at radius 2 is 1.96 bits per heavy atom. The fraction of sp³-hybridized carbons (Fsp3) is 0.375. The van der Waals surface area contributed by atoms with Gasteiger partial charge >= 0.3 is 0 Å². The summed E-state index contributed by atoms with van der Waals surface area (Å²) in [5.41, 5.74) is 3.00. The molecule has 0 radical (unpaired) electrons. The molecule has 122 valence electrons. The normalized spacial score (nSPS) is 13.3. The van der Waals surface area contributed by atoms with Crippen LogP contribution in [0.25, 0.3) is 0 Å². The lowest BCUT2D eigenvalue weighted by molar-refractivity contribution is 0.102. The minimum Gasteiger partial charge on any atom is -0.495 e. The molecule has 0 saturated carbocycles. The number of nitrogens with one attached hydrogen (secondary N) is 2. The first kappa shape index (κ1) is 15.7. The van der Waals surface area contributed by atoms with Crippen LogP contribution in [-0.2, 0) is 12.8 Å². The van der Waals surface area contributed by atoms with Crippen molar-refractivity contribution in [2.75, 3.05) is 19.5 Å². The van der Waals surface area contributed by atoms with Gasteiger partial charge in [0.05, 0.1) is 24.9 Å². The van der Waals surface area contributed by atoms with Gasteiger partial charge in [0.25, 0.3) is 5.91 Å². The van der Waals surface area contributed by atoms with E-state index in [9.17, 15) is 4.79 Å². The van der Waals surface area contributed by atoms with E-state index in [0.717, 1.165) is 36.9 Å². The van der Waals surface area contributed by atoms with Crippen molar-refractivity contribution in [3.8, 4) is 11.5 Å². The maximum absolute atomic E-state index is 12.6. The first-order chi connectivity index (χ1) is 11.1. The molecule has 1 amide bonds. The number of anilines is 1. The lowest BCUT2D eigenvalue weighted by Crippen LogP contribution is -2.16. The summed E-state index contributed by atoms with van der Waals surface area (Å²) < 4.78 is 10.5. The van der Waals surface area contributed by atoms with Gasteiger partial charge in [-0.3, -0.25) is 9.89 Å². The molecule has 0 saturated heterocycles. The van der Waals surface area contributed by atoms with Crippen LogP contribution in [-0.4, -0.2) is 30.3 Å². The van der Waals surface area contributed by atoms with E-state index in [4.69, 9.17) is 21.1 Å². The first-order valence-corrected chi connectivity index (χ1v) is 7.80. The number of amides is 1. The van der Waals surface area contributed by atoms with Crippen LogP contribution in [0.15, 0.2) is 12.1 Å². The van der Waals surface area contributed by atoms with E-state index in [0.29, 0.717) is 27.9 Å². The lowest BCUT2D eigenvalue weighted by Gasteiger charge is -2.14. The second kappa shape index (κ2) is 6.50. The highest BCUT2D eigenvalue weighted by Gasteiger charge is 2.23. The van der Waals surface area contributed by atoms with Gasteiger partial charge in [-0.1, -0.05) is 11.6 Å². The largest absolute Gasteiger partial charge is 0.495 e. The lowest BCUT2D eigenvalue weighted by atomic mass is 9.96. The van der Waals surface area contributed by atoms with Crippen molar-refractivity contribution in [3.05, 3.63) is 34.1 Å². The van der Waals surface area contributed by atoms with Gasteiger partial charge in [0.2, 0.25) is 0 Å². The summed E-state index contributed by atoms with van der Waals surface area (Å²) in [6.07, 6.45) is 4.01. The van der Waals surface area contributed by atoms with Crippen molar-refractivity contribution < 1.29 is 14.3 Å². The topological polar surface area (TPSA) is 76.2 Å². The molecule has 0 atom stereocenters. The molecule has 3 rings (SSSR count). The summed E-state index contributed by atoms with van der Waals surface area (Å²) in [6, 6.07) is 3.24. The molecule has 1 aliphatic rings. The minimum absolute atomic E-state index is 0.271. The number of carbonyl (C=O) groups excluding carboxylic acids is 1. The Labute approximate surface area is 139 Å². The highest BCUT2D eigenvalue weighted by molar-refractivity contribution is 6.32. The Hall–Kier alpha value is -2.21. The van der Waals surface area contributed by atoms with Crippen molar-refractivity contribution in [2.24, 2.45) is 0 Å². The molecule has 0 spiro atoms. The third-order valence-corrected chi connectivity index (χ3v) is 4.29. The number of aryl methyl sites for hydroxylation is 1. The number of benzene rings is 1. The highest BCUT2D eigenvalue weighted by atomic mass is 35.5. The smallest absolute Gasteiger partial charge is 0.276 e. The molecular weight excluding hydrogens is 318 g/mol. The van der Waals surface area contributed by atoms with Crippen molar-refractivity contribution >= 4 is 23.2 Å². The predicted octanol–water partition coefficient (Wildman–Crippen LogP) is 3.21. The van der Waals surface area contributed by atoms with Gasteiger partial charge < -0.3 is 14.8 Å². The summed E-state index contributed by atoms with van der Waals surface area (Å²) in [5.74, 6) is 0.660. The fourth-order valence-electron chi connectivity index (χ4n) is 2.81. The van der Waals surface area contributed by atoms with Crippen molar-refractivity contribution in [1.82, 2.24) is 10.2 Å². The Balaban J connectivity index is 1.89. The summed E-state index contributed by atoms with van der Waals surface area (Å²) in [5, 5.41) is 10.4. The quantitative estimate of drug-likeness (QED) is 0.899. The zero-order chi connectivity index (χ0) is 16.4. The van der Waals surface area contributed by atoms with E-state index in [-0.39, 0.29) is 5.91 Å². The number of hydrogen-bond donors (Lipinski definition) is 2. The van der Waals surface area contributed by atoms with Gasteiger partial charge in [-0.05, 0) is 25.7 Å². The molecule has 1 aromatic heterocycles. The van der Waals surface area contributed by atoms with Gasteiger partial charge in [-0.15, -0.1) is 0 Å². The maximum Gasteiger partial charge on any atom is 0.276 e. The summed E-state index contributed by atoms with van der Waals surface area (Å²) in [6.45, 7) is 0. The van der Waals surface area contributed by atoms with Crippen molar-refractivity contribution in [3.63, 3.8) is 0 Å². The SMILES string of the molecule is COc1cc(NC(=O)c2n[nH]c3c2CCCC3)c(OC)cc1Cl. The van der Waals surface area contributed by atoms with Crippen LogP contribution in [0.2, 0.25) is 5.02 Å². The molecule has 0 unspecified atom stereocenters. The predicted molar refractivity (Wildman–Crippen MR) is 87.7 cm³/mol. The third kappa shape index (κ3) is 2.99. The first-order valence-electron chi connectivity index (χ1n) is 7.43. The van der Waals surface area contributed by atoms with E-state index < -0.39 is 0 Å². The molecule has 2 aromatic rings. The van der Waals surface area contributed by atoms with E-state index in [1.165, 1.54) is 14.2 Å². The Kier molecular flexibility index (Phi) is 4.43. The van der Waals surface area contributed by atoms with E-state index in [2.05, 4.69) is 15.5 Å². The van der Waals surface area contributed by atoms with Gasteiger partial charge in [0, 0.05) is 23.4 Å². The summed E-state index contributed by atoms with van der Waals surface area (Å²) >= 11 is 6.08. The molecule has 6 nitrogen and oxygen atoms in total. The second-order valence-electron chi connectivity index (χ2n) is 5.38. The second-order valence-corrected chi connectivity index (χ2v) is 5.78. The number of aromatic nitrogens is 2. The number of halogens is 1. The molecule has 7 heteroatoms. The molecule has 2 N–H and O–H groups in total. The van der Waals surface area contributed by atoms with Crippen LogP contribution < -0.4 is 14.8 Å². The number of hydrogen-bond acceptors (Lipinski definition) is 4. The number of H-pyrrole nitrogens is 1. The average molecular weight is 336 g/mol. The Bertz CT molecular complexity index is 742. The van der Waals surface area contributed by atoms with Crippen LogP contribution in [0.4, 0.5) is 5.69 Å². The molecule has 0 aliphatic heterocycles. The average Bonchev–Trinajstić information content (AvgIpc) is 3.00.